The minimum atomic E-state index is -0.468. The first-order valence-corrected chi connectivity index (χ1v) is 11.2. The van der Waals surface area contributed by atoms with E-state index in [9.17, 15) is 14.4 Å². The number of hydrogen-bond donors (Lipinski definition) is 2. The van der Waals surface area contributed by atoms with Gasteiger partial charge in [0.25, 0.3) is 5.56 Å². The van der Waals surface area contributed by atoms with E-state index in [2.05, 4.69) is 38.5 Å². The fourth-order valence-electron chi connectivity index (χ4n) is 2.74. The molecule has 0 saturated heterocycles. The molecule has 150 valence electrons. The van der Waals surface area contributed by atoms with Crippen molar-refractivity contribution in [3.05, 3.63) is 33.0 Å². The Morgan fingerprint density at radius 1 is 1.32 bits per heavy atom. The van der Waals surface area contributed by atoms with Crippen LogP contribution in [0.4, 0.5) is 4.79 Å². The van der Waals surface area contributed by atoms with Crippen LogP contribution in [0, 0.1) is 0 Å². The second-order valence-corrected chi connectivity index (χ2v) is 8.66. The van der Waals surface area contributed by atoms with Crippen molar-refractivity contribution in [3.63, 3.8) is 0 Å². The largest absolute Gasteiger partial charge is 0.335 e. The molecular formula is C19H23BrN4O3S. The summed E-state index contributed by atoms with van der Waals surface area (Å²) in [6.45, 7) is 2.65. The highest BCUT2D eigenvalue weighted by molar-refractivity contribution is 9.10. The van der Waals surface area contributed by atoms with E-state index in [-0.39, 0.29) is 17.4 Å². The van der Waals surface area contributed by atoms with Gasteiger partial charge in [-0.3, -0.25) is 19.5 Å². The number of rotatable bonds is 8. The number of urea groups is 1. The first-order chi connectivity index (χ1) is 13.5. The minimum Gasteiger partial charge on any atom is -0.335 e. The van der Waals surface area contributed by atoms with Gasteiger partial charge < -0.3 is 5.32 Å². The summed E-state index contributed by atoms with van der Waals surface area (Å²) in [5.41, 5.74) is 0.478. The van der Waals surface area contributed by atoms with E-state index in [1.807, 2.05) is 6.07 Å². The first kappa shape index (κ1) is 20.9. The van der Waals surface area contributed by atoms with E-state index < -0.39 is 11.9 Å². The van der Waals surface area contributed by atoms with Gasteiger partial charge in [0.1, 0.15) is 0 Å². The number of aromatic nitrogens is 2. The third kappa shape index (κ3) is 5.57. The third-order valence-electron chi connectivity index (χ3n) is 4.36. The average Bonchev–Trinajstić information content (AvgIpc) is 3.46. The predicted octanol–water partition coefficient (Wildman–Crippen LogP) is 3.43. The van der Waals surface area contributed by atoms with Crippen LogP contribution >= 0.6 is 27.7 Å². The molecule has 1 aliphatic carbocycles. The van der Waals surface area contributed by atoms with E-state index in [0.717, 1.165) is 36.6 Å². The van der Waals surface area contributed by atoms with Crippen LogP contribution in [-0.4, -0.2) is 33.3 Å². The number of thioether (sulfide) groups is 1. The van der Waals surface area contributed by atoms with E-state index >= 15 is 0 Å². The van der Waals surface area contributed by atoms with Gasteiger partial charge in [-0.15, -0.1) is 0 Å². The molecule has 1 heterocycles. The molecule has 1 aromatic carbocycles. The van der Waals surface area contributed by atoms with Crippen molar-refractivity contribution < 1.29 is 9.59 Å². The Labute approximate surface area is 175 Å². The maximum absolute atomic E-state index is 13.0. The third-order valence-corrected chi connectivity index (χ3v) is 5.83. The molecule has 2 aromatic rings. The number of carbonyl (C=O) groups is 2. The predicted molar refractivity (Wildman–Crippen MR) is 114 cm³/mol. The van der Waals surface area contributed by atoms with E-state index in [1.54, 1.807) is 16.7 Å². The summed E-state index contributed by atoms with van der Waals surface area (Å²) < 4.78 is 2.45. The number of carbonyl (C=O) groups excluding carboxylic acids is 2. The molecule has 1 saturated carbocycles. The van der Waals surface area contributed by atoms with Gasteiger partial charge >= 0.3 is 6.03 Å². The minimum absolute atomic E-state index is 0.0142. The SMILES string of the molecule is CCCCCn1c(SCC(=O)NC(=O)NC2CC2)nc2ccc(Br)cc2c1=O. The number of fused-ring (bicyclic) bond motifs is 1. The lowest BCUT2D eigenvalue weighted by atomic mass is 10.2. The molecule has 28 heavy (non-hydrogen) atoms. The Morgan fingerprint density at radius 2 is 2.11 bits per heavy atom. The number of amides is 3. The molecule has 1 aliphatic rings. The summed E-state index contributed by atoms with van der Waals surface area (Å²) in [6.07, 6.45) is 4.83. The van der Waals surface area contributed by atoms with Gasteiger partial charge in [-0.2, -0.15) is 0 Å². The van der Waals surface area contributed by atoms with Crippen LogP contribution in [-0.2, 0) is 11.3 Å². The van der Waals surface area contributed by atoms with Crippen LogP contribution in [0.5, 0.6) is 0 Å². The molecule has 1 aromatic heterocycles. The monoisotopic (exact) mass is 466 g/mol. The van der Waals surface area contributed by atoms with Gasteiger partial charge in [0.05, 0.1) is 16.7 Å². The zero-order valence-electron chi connectivity index (χ0n) is 15.7. The summed E-state index contributed by atoms with van der Waals surface area (Å²) in [5, 5.41) is 6.07. The number of benzene rings is 1. The molecule has 9 heteroatoms. The van der Waals surface area contributed by atoms with Crippen molar-refractivity contribution in [2.75, 3.05) is 5.75 Å². The summed E-state index contributed by atoms with van der Waals surface area (Å²) in [7, 11) is 0. The van der Waals surface area contributed by atoms with Crippen molar-refractivity contribution in [3.8, 4) is 0 Å². The topological polar surface area (TPSA) is 93.1 Å². The summed E-state index contributed by atoms with van der Waals surface area (Å²) in [4.78, 5) is 41.3. The zero-order chi connectivity index (χ0) is 20.1. The van der Waals surface area contributed by atoms with Gasteiger partial charge in [0.15, 0.2) is 5.16 Å². The van der Waals surface area contributed by atoms with Crippen LogP contribution in [0.3, 0.4) is 0 Å². The second-order valence-electron chi connectivity index (χ2n) is 6.80. The number of halogens is 1. The maximum atomic E-state index is 13.0. The Hall–Kier alpha value is -1.87. The molecule has 0 radical (unpaired) electrons. The van der Waals surface area contributed by atoms with Gasteiger partial charge in [-0.25, -0.2) is 9.78 Å². The van der Waals surface area contributed by atoms with Crippen LogP contribution in [0.25, 0.3) is 10.9 Å². The Balaban J connectivity index is 1.76. The quantitative estimate of drug-likeness (QED) is 0.353. The molecule has 2 N–H and O–H groups in total. The lowest BCUT2D eigenvalue weighted by molar-refractivity contribution is -0.117. The molecule has 0 spiro atoms. The van der Waals surface area contributed by atoms with Gasteiger partial charge in [0, 0.05) is 17.1 Å². The lowest BCUT2D eigenvalue weighted by Crippen LogP contribution is -2.41. The fourth-order valence-corrected chi connectivity index (χ4v) is 3.93. The van der Waals surface area contributed by atoms with Gasteiger partial charge in [0.2, 0.25) is 5.91 Å². The van der Waals surface area contributed by atoms with Crippen molar-refractivity contribution in [2.24, 2.45) is 0 Å². The number of nitrogens with zero attached hydrogens (tertiary/aromatic N) is 2. The van der Waals surface area contributed by atoms with E-state index in [0.29, 0.717) is 22.6 Å². The van der Waals surface area contributed by atoms with Gasteiger partial charge in [-0.05, 0) is 37.5 Å². The van der Waals surface area contributed by atoms with E-state index in [4.69, 9.17) is 0 Å². The first-order valence-electron chi connectivity index (χ1n) is 9.41. The Morgan fingerprint density at radius 3 is 2.82 bits per heavy atom. The Kier molecular flexibility index (Phi) is 7.12. The van der Waals surface area contributed by atoms with Crippen molar-refractivity contribution in [1.82, 2.24) is 20.2 Å². The average molecular weight is 467 g/mol. The molecule has 1 fully saturated rings. The fraction of sp³-hybridized carbons (Fsp3) is 0.474. The molecule has 3 rings (SSSR count). The summed E-state index contributed by atoms with van der Waals surface area (Å²) in [6, 6.07) is 5.10. The van der Waals surface area contributed by atoms with Crippen LogP contribution < -0.4 is 16.2 Å². The molecule has 3 amide bonds. The zero-order valence-corrected chi connectivity index (χ0v) is 18.1. The summed E-state index contributed by atoms with van der Waals surface area (Å²) >= 11 is 4.57. The highest BCUT2D eigenvalue weighted by Crippen LogP contribution is 2.21. The van der Waals surface area contributed by atoms with Gasteiger partial charge in [-0.1, -0.05) is 47.5 Å². The lowest BCUT2D eigenvalue weighted by Gasteiger charge is -2.13. The normalized spacial score (nSPS) is 13.5. The maximum Gasteiger partial charge on any atom is 0.321 e. The standard InChI is InChI=1S/C19H23BrN4O3S/c1-2-3-4-9-24-17(26)14-10-12(20)5-8-15(14)22-19(24)28-11-16(25)23-18(27)21-13-6-7-13/h5,8,10,13H,2-4,6-7,9,11H2,1H3,(H2,21,23,25,27). The summed E-state index contributed by atoms with van der Waals surface area (Å²) in [5.74, 6) is -0.395. The smallest absolute Gasteiger partial charge is 0.321 e. The van der Waals surface area contributed by atoms with Crippen molar-refractivity contribution >= 4 is 50.5 Å². The molecule has 0 atom stereocenters. The Bertz CT molecular complexity index is 943. The number of nitrogens with one attached hydrogen (secondary N) is 2. The highest BCUT2D eigenvalue weighted by Gasteiger charge is 2.24. The van der Waals surface area contributed by atoms with Crippen LogP contribution in [0.2, 0.25) is 0 Å². The molecule has 0 unspecified atom stereocenters. The van der Waals surface area contributed by atoms with Crippen LogP contribution in [0.1, 0.15) is 39.0 Å². The number of hydrogen-bond acceptors (Lipinski definition) is 5. The highest BCUT2D eigenvalue weighted by atomic mass is 79.9. The van der Waals surface area contributed by atoms with E-state index in [1.165, 1.54) is 11.8 Å². The molecule has 0 aliphatic heterocycles. The number of unbranched alkanes of at least 4 members (excludes halogenated alkanes) is 2. The van der Waals surface area contributed by atoms with Crippen molar-refractivity contribution in [2.45, 2.75) is 56.8 Å². The molecule has 0 bridgehead atoms. The van der Waals surface area contributed by atoms with Crippen molar-refractivity contribution in [1.29, 1.82) is 0 Å². The number of imide groups is 1. The molecule has 7 nitrogen and oxygen atoms in total. The second kappa shape index (κ2) is 9.56. The molecular weight excluding hydrogens is 444 g/mol. The van der Waals surface area contributed by atoms with Crippen LogP contribution in [0.15, 0.2) is 32.6 Å².